The van der Waals surface area contributed by atoms with Gasteiger partial charge in [-0.3, -0.25) is 9.69 Å². The van der Waals surface area contributed by atoms with Gasteiger partial charge in [0, 0.05) is 58.1 Å². The molecule has 9 heteroatoms. The van der Waals surface area contributed by atoms with Crippen LogP contribution >= 0.6 is 0 Å². The van der Waals surface area contributed by atoms with Crippen molar-refractivity contribution in [2.45, 2.75) is 19.4 Å². The molecule has 2 aliphatic heterocycles. The van der Waals surface area contributed by atoms with Crippen LogP contribution in [0.2, 0.25) is 0 Å². The molecule has 2 aliphatic rings. The van der Waals surface area contributed by atoms with Crippen LogP contribution in [0, 0.1) is 0 Å². The highest BCUT2D eigenvalue weighted by molar-refractivity contribution is 7.86. The second kappa shape index (κ2) is 7.08. The number of hydrogen-bond acceptors (Lipinski definition) is 5. The van der Waals surface area contributed by atoms with E-state index in [4.69, 9.17) is 0 Å². The van der Waals surface area contributed by atoms with Gasteiger partial charge in [-0.2, -0.15) is 22.1 Å². The van der Waals surface area contributed by atoms with E-state index in [0.29, 0.717) is 52.4 Å². The number of aromatic nitrogens is 2. The molecule has 1 aromatic heterocycles. The minimum atomic E-state index is -3.29. The van der Waals surface area contributed by atoms with E-state index in [1.165, 1.54) is 10.7 Å². The van der Waals surface area contributed by atoms with E-state index < -0.39 is 10.2 Å². The minimum Gasteiger partial charge on any atom is -0.299 e. The third kappa shape index (κ3) is 3.79. The molecule has 23 heavy (non-hydrogen) atoms. The molecule has 3 heterocycles. The maximum absolute atomic E-state index is 12.5. The van der Waals surface area contributed by atoms with E-state index in [1.807, 2.05) is 0 Å². The highest BCUT2D eigenvalue weighted by atomic mass is 32.2. The van der Waals surface area contributed by atoms with Crippen molar-refractivity contribution in [1.82, 2.24) is 23.3 Å². The lowest BCUT2D eigenvalue weighted by Gasteiger charge is -2.35. The van der Waals surface area contributed by atoms with Crippen LogP contribution < -0.4 is 5.56 Å². The molecular formula is C14H23N5O3S. The highest BCUT2D eigenvalue weighted by Crippen LogP contribution is 2.17. The van der Waals surface area contributed by atoms with Gasteiger partial charge in [0.25, 0.3) is 15.8 Å². The van der Waals surface area contributed by atoms with Crippen LogP contribution in [0.4, 0.5) is 0 Å². The Labute approximate surface area is 136 Å². The summed E-state index contributed by atoms with van der Waals surface area (Å²) in [4.78, 5) is 13.8. The molecule has 0 bridgehead atoms. The first-order valence-electron chi connectivity index (χ1n) is 8.07. The monoisotopic (exact) mass is 341 g/mol. The summed E-state index contributed by atoms with van der Waals surface area (Å²) < 4.78 is 29.6. The van der Waals surface area contributed by atoms with Crippen LogP contribution in [-0.2, 0) is 16.8 Å². The lowest BCUT2D eigenvalue weighted by molar-refractivity contribution is 0.175. The molecule has 128 valence electrons. The van der Waals surface area contributed by atoms with Gasteiger partial charge in [0.1, 0.15) is 0 Å². The molecule has 1 aromatic rings. The summed E-state index contributed by atoms with van der Waals surface area (Å²) in [7, 11) is -3.29. The molecule has 0 spiro atoms. The first kappa shape index (κ1) is 16.6. The molecule has 0 amide bonds. The summed E-state index contributed by atoms with van der Waals surface area (Å²) in [5.74, 6) is 0. The van der Waals surface area contributed by atoms with Crippen molar-refractivity contribution in [3.05, 3.63) is 28.7 Å². The zero-order valence-corrected chi connectivity index (χ0v) is 14.0. The Hall–Kier alpha value is -1.29. The zero-order valence-electron chi connectivity index (χ0n) is 13.2. The van der Waals surface area contributed by atoms with E-state index in [-0.39, 0.29) is 5.56 Å². The fourth-order valence-electron chi connectivity index (χ4n) is 3.06. The highest BCUT2D eigenvalue weighted by Gasteiger charge is 2.33. The first-order valence-corrected chi connectivity index (χ1v) is 9.47. The smallest absolute Gasteiger partial charge is 0.282 e. The van der Waals surface area contributed by atoms with Crippen molar-refractivity contribution >= 4 is 10.2 Å². The average molecular weight is 341 g/mol. The summed E-state index contributed by atoms with van der Waals surface area (Å²) >= 11 is 0. The number of rotatable bonds is 5. The van der Waals surface area contributed by atoms with Crippen LogP contribution in [0.3, 0.4) is 0 Å². The molecule has 0 unspecified atom stereocenters. The third-order valence-electron chi connectivity index (χ3n) is 4.46. The zero-order chi connectivity index (χ0) is 16.3. The van der Waals surface area contributed by atoms with E-state index in [9.17, 15) is 13.2 Å². The predicted molar refractivity (Wildman–Crippen MR) is 86.2 cm³/mol. The van der Waals surface area contributed by atoms with Crippen LogP contribution in [0.1, 0.15) is 12.8 Å². The van der Waals surface area contributed by atoms with Gasteiger partial charge >= 0.3 is 0 Å². The SMILES string of the molecule is O=c1cccnn1CCN1CCN(S(=O)(=O)N2CCCC2)CC1. The Kier molecular flexibility index (Phi) is 5.10. The maximum Gasteiger partial charge on any atom is 0.282 e. The quantitative estimate of drug-likeness (QED) is 0.701. The van der Waals surface area contributed by atoms with Crippen molar-refractivity contribution in [3.63, 3.8) is 0 Å². The standard InChI is InChI=1S/C14H23N5O3S/c20-14-4-3-5-15-19(14)13-10-16-8-11-18(12-9-16)23(21,22)17-6-1-2-7-17/h3-5H,1-2,6-13H2. The summed E-state index contributed by atoms with van der Waals surface area (Å²) in [6, 6.07) is 3.12. The van der Waals surface area contributed by atoms with Gasteiger partial charge in [-0.05, 0) is 18.9 Å². The molecule has 3 rings (SSSR count). The van der Waals surface area contributed by atoms with Gasteiger partial charge in [-0.25, -0.2) is 4.68 Å². The minimum absolute atomic E-state index is 0.109. The fourth-order valence-corrected chi connectivity index (χ4v) is 4.73. The van der Waals surface area contributed by atoms with Crippen molar-refractivity contribution in [1.29, 1.82) is 0 Å². The van der Waals surface area contributed by atoms with Gasteiger partial charge < -0.3 is 0 Å². The summed E-state index contributed by atoms with van der Waals surface area (Å²) in [6.07, 6.45) is 3.51. The second-order valence-electron chi connectivity index (χ2n) is 5.94. The fraction of sp³-hybridized carbons (Fsp3) is 0.714. The van der Waals surface area contributed by atoms with E-state index in [2.05, 4.69) is 10.00 Å². The third-order valence-corrected chi connectivity index (χ3v) is 6.50. The van der Waals surface area contributed by atoms with E-state index in [0.717, 1.165) is 12.8 Å². The molecule has 0 aromatic carbocycles. The second-order valence-corrected chi connectivity index (χ2v) is 7.87. The molecular weight excluding hydrogens is 318 g/mol. The Morgan fingerprint density at radius 3 is 2.26 bits per heavy atom. The maximum atomic E-state index is 12.5. The van der Waals surface area contributed by atoms with Gasteiger partial charge in [0.2, 0.25) is 0 Å². The van der Waals surface area contributed by atoms with E-state index >= 15 is 0 Å². The van der Waals surface area contributed by atoms with Crippen molar-refractivity contribution in [3.8, 4) is 0 Å². The van der Waals surface area contributed by atoms with Crippen molar-refractivity contribution < 1.29 is 8.42 Å². The molecule has 0 N–H and O–H groups in total. The van der Waals surface area contributed by atoms with Gasteiger partial charge in [0.15, 0.2) is 0 Å². The van der Waals surface area contributed by atoms with Gasteiger partial charge in [-0.1, -0.05) is 0 Å². The van der Waals surface area contributed by atoms with Gasteiger partial charge in [-0.15, -0.1) is 0 Å². The Bertz CT molecular complexity index is 676. The molecule has 0 atom stereocenters. The van der Waals surface area contributed by atoms with Crippen molar-refractivity contribution in [2.75, 3.05) is 45.8 Å². The molecule has 0 radical (unpaired) electrons. The van der Waals surface area contributed by atoms with Crippen LogP contribution in [-0.4, -0.2) is 77.5 Å². The first-order chi connectivity index (χ1) is 11.1. The predicted octanol–water partition coefficient (Wildman–Crippen LogP) is -0.798. The Balaban J connectivity index is 1.50. The summed E-state index contributed by atoms with van der Waals surface area (Å²) in [5.41, 5.74) is -0.109. The summed E-state index contributed by atoms with van der Waals surface area (Å²) in [6.45, 7) is 4.92. The van der Waals surface area contributed by atoms with Crippen LogP contribution in [0.25, 0.3) is 0 Å². The molecule has 2 saturated heterocycles. The van der Waals surface area contributed by atoms with Gasteiger partial charge in [0.05, 0.1) is 6.54 Å². The molecule has 2 fully saturated rings. The normalized spacial score (nSPS) is 21.7. The summed E-state index contributed by atoms with van der Waals surface area (Å²) in [5, 5.41) is 4.03. The number of piperazine rings is 1. The number of nitrogens with zero attached hydrogens (tertiary/aromatic N) is 5. The van der Waals surface area contributed by atoms with Crippen LogP contribution in [0.5, 0.6) is 0 Å². The Morgan fingerprint density at radius 2 is 1.61 bits per heavy atom. The topological polar surface area (TPSA) is 78.8 Å². The average Bonchev–Trinajstić information content (AvgIpc) is 3.10. The lowest BCUT2D eigenvalue weighted by Crippen LogP contribution is -2.53. The van der Waals surface area contributed by atoms with Crippen molar-refractivity contribution in [2.24, 2.45) is 0 Å². The molecule has 8 nitrogen and oxygen atoms in total. The number of hydrogen-bond donors (Lipinski definition) is 0. The molecule has 0 aliphatic carbocycles. The Morgan fingerprint density at radius 1 is 0.957 bits per heavy atom. The van der Waals surface area contributed by atoms with Crippen LogP contribution in [0.15, 0.2) is 23.1 Å². The largest absolute Gasteiger partial charge is 0.299 e. The lowest BCUT2D eigenvalue weighted by atomic mass is 10.3. The molecule has 0 saturated carbocycles. The van der Waals surface area contributed by atoms with E-state index in [1.54, 1.807) is 20.9 Å².